The minimum absolute atomic E-state index is 0.244. The van der Waals surface area contributed by atoms with Gasteiger partial charge in [0.05, 0.1) is 0 Å². The van der Waals surface area contributed by atoms with Crippen LogP contribution in [-0.2, 0) is 12.8 Å². The lowest BCUT2D eigenvalue weighted by Crippen LogP contribution is -2.10. The van der Waals surface area contributed by atoms with Crippen LogP contribution in [0.25, 0.3) is 0 Å². The molecule has 0 aromatic heterocycles. The van der Waals surface area contributed by atoms with E-state index in [-0.39, 0.29) is 11.5 Å². The van der Waals surface area contributed by atoms with Crippen molar-refractivity contribution in [2.45, 2.75) is 102 Å². The Bertz CT molecular complexity index is 1360. The number of aryl methyl sites for hydroxylation is 5. The molecule has 0 radical (unpaired) electrons. The van der Waals surface area contributed by atoms with E-state index in [0.29, 0.717) is 0 Å². The number of aromatic hydroxyl groups is 2. The van der Waals surface area contributed by atoms with Crippen molar-refractivity contribution in [3.63, 3.8) is 0 Å². The van der Waals surface area contributed by atoms with Gasteiger partial charge in [0.25, 0.3) is 0 Å². The summed E-state index contributed by atoms with van der Waals surface area (Å²) < 4.78 is 15.2. The summed E-state index contributed by atoms with van der Waals surface area (Å²) in [4.78, 5) is 0. The van der Waals surface area contributed by atoms with E-state index >= 15 is 0 Å². The number of hydrogen-bond acceptors (Lipinski definition) is 7. The van der Waals surface area contributed by atoms with Crippen molar-refractivity contribution in [3.8, 4) is 34.5 Å². The molecule has 0 aliphatic carbocycles. The summed E-state index contributed by atoms with van der Waals surface area (Å²) in [5.74, 6) is 3.75. The van der Waals surface area contributed by atoms with Gasteiger partial charge in [0.2, 0.25) is 0 Å². The van der Waals surface area contributed by atoms with Gasteiger partial charge < -0.3 is 25.0 Å². The van der Waals surface area contributed by atoms with Crippen molar-refractivity contribution in [1.82, 2.24) is 10.0 Å². The Morgan fingerprint density at radius 3 is 1.20 bits per heavy atom. The van der Waals surface area contributed by atoms with Crippen LogP contribution in [0.2, 0.25) is 0 Å². The maximum atomic E-state index is 9.33. The summed E-state index contributed by atoms with van der Waals surface area (Å²) in [5.41, 5.74) is 7.19. The molecule has 0 aliphatic heterocycles. The molecule has 50 heavy (non-hydrogen) atoms. The molecule has 0 spiro atoms. The molecule has 7 heteroatoms. The molecule has 4 aromatic rings. The van der Waals surface area contributed by atoms with Crippen LogP contribution in [0.4, 0.5) is 0 Å². The van der Waals surface area contributed by atoms with E-state index in [1.807, 2.05) is 68.7 Å². The third-order valence-electron chi connectivity index (χ3n) is 6.71. The van der Waals surface area contributed by atoms with Gasteiger partial charge in [-0.3, -0.25) is 4.72 Å². The van der Waals surface area contributed by atoms with Crippen molar-refractivity contribution in [1.29, 1.82) is 0 Å². The van der Waals surface area contributed by atoms with Gasteiger partial charge in [-0.25, -0.2) is 0 Å². The molecule has 0 bridgehead atoms. The number of nitrogens with one attached hydrogen (secondary N) is 2. The largest absolute Gasteiger partial charge is 0.508 e. The van der Waals surface area contributed by atoms with Crippen molar-refractivity contribution < 1.29 is 19.7 Å². The second-order valence-corrected chi connectivity index (χ2v) is 11.1. The van der Waals surface area contributed by atoms with Crippen LogP contribution in [0.1, 0.15) is 95.2 Å². The molecular weight excluding hydrogens is 641 g/mol. The third-order valence-corrected chi connectivity index (χ3v) is 7.20. The molecule has 0 heterocycles. The van der Waals surface area contributed by atoms with Crippen LogP contribution >= 0.6 is 11.9 Å². The van der Waals surface area contributed by atoms with E-state index in [0.717, 1.165) is 77.6 Å². The highest BCUT2D eigenvalue weighted by molar-refractivity contribution is 7.96. The Balaban J connectivity index is 0. The van der Waals surface area contributed by atoms with Crippen LogP contribution in [0.3, 0.4) is 0 Å². The highest BCUT2D eigenvalue weighted by Crippen LogP contribution is 2.32. The van der Waals surface area contributed by atoms with Gasteiger partial charge in [-0.2, -0.15) is 0 Å². The first-order chi connectivity index (χ1) is 24.2. The Kier molecular flexibility index (Phi) is 29.3. The predicted octanol–water partition coefficient (Wildman–Crippen LogP) is 12.3. The topological polar surface area (TPSA) is 83.0 Å². The average molecular weight is 709 g/mol. The number of likely N-dealkylation sites (N-methyl/N-ethyl adjacent to an activating group) is 1. The highest BCUT2D eigenvalue weighted by Gasteiger charge is 2.09. The predicted molar refractivity (Wildman–Crippen MR) is 221 cm³/mol. The standard InChI is InChI=1S/C18H23NO2S.C17H21NO2.4C2H6/c1-13-11-15(5-4-10-19-22-3)12-14(2)18(13)21-17-8-6-16(20)7-9-17;1-12-10-14(8-9-18-3)11-13(2)17(12)20-16-6-4-15(19)5-7-16;4*1-2/h6-9,11-12,19-20H,4-5,10H2,1-3H3;4-7,10-11,18-19H,8-9H2,1-3H3;4*1-2H3. The fraction of sp³-hybridized carbons (Fsp3) is 0.442. The van der Waals surface area contributed by atoms with Crippen molar-refractivity contribution in [3.05, 3.63) is 106 Å². The summed E-state index contributed by atoms with van der Waals surface area (Å²) in [5, 5.41) is 21.8. The number of hydrogen-bond donors (Lipinski definition) is 4. The first kappa shape index (κ1) is 48.5. The number of phenolic OH excluding ortho intramolecular Hbond substituents is 2. The molecule has 280 valence electrons. The number of rotatable bonds is 12. The highest BCUT2D eigenvalue weighted by atomic mass is 32.2. The van der Waals surface area contributed by atoms with E-state index in [2.05, 4.69) is 62.0 Å². The van der Waals surface area contributed by atoms with Crippen LogP contribution in [0, 0.1) is 27.7 Å². The first-order valence-corrected chi connectivity index (χ1v) is 19.5. The zero-order valence-corrected chi connectivity index (χ0v) is 34.4. The van der Waals surface area contributed by atoms with E-state index in [1.165, 1.54) is 11.1 Å². The number of ether oxygens (including phenoxy) is 2. The molecular formula is C43H68N2O4S. The van der Waals surface area contributed by atoms with Gasteiger partial charge in [-0.1, -0.05) is 91.6 Å². The van der Waals surface area contributed by atoms with E-state index in [1.54, 1.807) is 60.5 Å². The first-order valence-electron chi connectivity index (χ1n) is 18.2. The molecule has 0 saturated heterocycles. The molecule has 0 amide bonds. The van der Waals surface area contributed by atoms with Gasteiger partial charge in [0.1, 0.15) is 34.5 Å². The summed E-state index contributed by atoms with van der Waals surface area (Å²) in [7, 11) is 1.96. The second-order valence-electron chi connectivity index (χ2n) is 10.4. The molecule has 0 saturated carbocycles. The van der Waals surface area contributed by atoms with Crippen molar-refractivity contribution in [2.24, 2.45) is 0 Å². The molecule has 4 aromatic carbocycles. The molecule has 6 nitrogen and oxygen atoms in total. The normalized spacial score (nSPS) is 9.40. The lowest BCUT2D eigenvalue weighted by Gasteiger charge is -2.14. The van der Waals surface area contributed by atoms with Gasteiger partial charge in [0, 0.05) is 6.54 Å². The number of benzene rings is 4. The van der Waals surface area contributed by atoms with Crippen LogP contribution in [0.15, 0.2) is 72.8 Å². The average Bonchev–Trinajstić information content (AvgIpc) is 3.14. The molecule has 0 atom stereocenters. The quantitative estimate of drug-likeness (QED) is 0.0861. The van der Waals surface area contributed by atoms with Gasteiger partial charge in [0.15, 0.2) is 0 Å². The van der Waals surface area contributed by atoms with E-state index in [9.17, 15) is 10.2 Å². The minimum Gasteiger partial charge on any atom is -0.508 e. The molecule has 4 N–H and O–H groups in total. The fourth-order valence-corrected chi connectivity index (χ4v) is 5.04. The van der Waals surface area contributed by atoms with Crippen LogP contribution in [-0.4, -0.2) is 36.6 Å². The van der Waals surface area contributed by atoms with E-state index < -0.39 is 0 Å². The summed E-state index contributed by atoms with van der Waals surface area (Å²) in [6, 6.07) is 22.3. The zero-order valence-electron chi connectivity index (χ0n) is 33.6. The summed E-state index contributed by atoms with van der Waals surface area (Å²) >= 11 is 1.66. The maximum absolute atomic E-state index is 9.33. The van der Waals surface area contributed by atoms with Gasteiger partial charge in [-0.15, -0.1) is 0 Å². The Labute approximate surface area is 310 Å². The fourth-order valence-electron chi connectivity index (χ4n) is 4.69. The lowest BCUT2D eigenvalue weighted by atomic mass is 10.0. The molecule has 0 fully saturated rings. The second kappa shape index (κ2) is 30.2. The molecule has 0 aliphatic rings. The minimum atomic E-state index is 0.244. The summed E-state index contributed by atoms with van der Waals surface area (Å²) in [6.07, 6.45) is 5.24. The monoisotopic (exact) mass is 708 g/mol. The lowest BCUT2D eigenvalue weighted by molar-refractivity contribution is 0.461. The van der Waals surface area contributed by atoms with Gasteiger partial charge >= 0.3 is 0 Å². The van der Waals surface area contributed by atoms with Crippen molar-refractivity contribution in [2.75, 3.05) is 26.4 Å². The Hall–Kier alpha value is -3.65. The Morgan fingerprint density at radius 1 is 0.540 bits per heavy atom. The SMILES string of the molecule is CC.CC.CC.CC.CNCCc1cc(C)c(Oc2ccc(O)cc2)c(C)c1.CSNCCCc1cc(C)c(Oc2ccc(O)cc2)c(C)c1. The zero-order chi connectivity index (χ0) is 38.5. The van der Waals surface area contributed by atoms with Crippen molar-refractivity contribution >= 4 is 11.9 Å². The third kappa shape index (κ3) is 18.9. The smallest absolute Gasteiger partial charge is 0.133 e. The van der Waals surface area contributed by atoms with Crippen LogP contribution in [0.5, 0.6) is 34.5 Å². The summed E-state index contributed by atoms with van der Waals surface area (Å²) in [6.45, 7) is 26.3. The van der Waals surface area contributed by atoms with E-state index in [4.69, 9.17) is 9.47 Å². The maximum Gasteiger partial charge on any atom is 0.133 e. The van der Waals surface area contributed by atoms with Crippen LogP contribution < -0.4 is 19.5 Å². The van der Waals surface area contributed by atoms with Gasteiger partial charge in [-0.05, 0) is 149 Å². The number of phenols is 2. The molecule has 0 unspecified atom stereocenters. The Morgan fingerprint density at radius 2 is 0.880 bits per heavy atom. The molecule has 4 rings (SSSR count).